The van der Waals surface area contributed by atoms with E-state index in [9.17, 15) is 29.1 Å². The smallest absolute Gasteiger partial charge is 0.326 e. The predicted octanol–water partition coefficient (Wildman–Crippen LogP) is -2.50. The summed E-state index contributed by atoms with van der Waals surface area (Å²) in [6.07, 6.45) is 2.72. The first kappa shape index (κ1) is 25.7. The normalized spacial score (nSPS) is 18.7. The number of nitrogens with one attached hydrogen (secondary N) is 4. The number of aliphatic hydroxyl groups is 1. The van der Waals surface area contributed by atoms with E-state index in [-0.39, 0.29) is 12.3 Å². The number of hydrogen-bond donors (Lipinski definition) is 7. The summed E-state index contributed by atoms with van der Waals surface area (Å²) in [5.41, 5.74) is 0. The van der Waals surface area contributed by atoms with Gasteiger partial charge in [0.05, 0.1) is 19.1 Å². The number of aliphatic hydroxyl groups excluding tert-OH is 1. The molecule has 4 atom stereocenters. The second-order valence-electron chi connectivity index (χ2n) is 6.73. The molecule has 0 radical (unpaired) electrons. The first-order chi connectivity index (χ1) is 14.2. The molecule has 0 aromatic carbocycles. The Labute approximate surface area is 177 Å². The number of carboxylic acid groups (broad SMARTS) is 2. The van der Waals surface area contributed by atoms with Gasteiger partial charge in [0.2, 0.25) is 17.7 Å². The van der Waals surface area contributed by atoms with Gasteiger partial charge in [-0.2, -0.15) is 11.8 Å². The van der Waals surface area contributed by atoms with Gasteiger partial charge in [-0.05, 0) is 37.8 Å². The van der Waals surface area contributed by atoms with E-state index in [2.05, 4.69) is 16.0 Å². The van der Waals surface area contributed by atoms with E-state index in [1.165, 1.54) is 11.8 Å². The number of carboxylic acids is 2. The third-order valence-electron chi connectivity index (χ3n) is 4.43. The average molecular weight is 448 g/mol. The van der Waals surface area contributed by atoms with E-state index in [0.717, 1.165) is 6.42 Å². The zero-order chi connectivity index (χ0) is 22.7. The molecule has 0 aromatic heterocycles. The van der Waals surface area contributed by atoms with E-state index in [0.29, 0.717) is 18.7 Å². The van der Waals surface area contributed by atoms with Crippen LogP contribution >= 0.6 is 11.8 Å². The molecule has 170 valence electrons. The molecule has 1 aliphatic heterocycles. The van der Waals surface area contributed by atoms with Crippen LogP contribution in [0.2, 0.25) is 0 Å². The quantitative estimate of drug-likeness (QED) is 0.158. The number of aliphatic carboxylic acids is 2. The van der Waals surface area contributed by atoms with Gasteiger partial charge in [0, 0.05) is 0 Å². The lowest BCUT2D eigenvalue weighted by Crippen LogP contribution is -2.58. The van der Waals surface area contributed by atoms with Gasteiger partial charge in [-0.15, -0.1) is 0 Å². The van der Waals surface area contributed by atoms with E-state index < -0.39 is 60.9 Å². The van der Waals surface area contributed by atoms with Gasteiger partial charge in [-0.1, -0.05) is 0 Å². The van der Waals surface area contributed by atoms with Gasteiger partial charge in [0.15, 0.2) is 0 Å². The van der Waals surface area contributed by atoms with Crippen LogP contribution in [0.5, 0.6) is 0 Å². The van der Waals surface area contributed by atoms with Gasteiger partial charge in [0.25, 0.3) is 0 Å². The third-order valence-corrected chi connectivity index (χ3v) is 5.07. The Hall–Kier alpha value is -2.38. The van der Waals surface area contributed by atoms with Crippen molar-refractivity contribution < 1.29 is 39.3 Å². The van der Waals surface area contributed by atoms with E-state index in [1.807, 2.05) is 11.6 Å². The van der Waals surface area contributed by atoms with Gasteiger partial charge in [-0.25, -0.2) is 4.79 Å². The molecule has 4 unspecified atom stereocenters. The first-order valence-electron chi connectivity index (χ1n) is 9.38. The maximum absolute atomic E-state index is 12.6. The highest BCUT2D eigenvalue weighted by Crippen LogP contribution is 2.07. The lowest BCUT2D eigenvalue weighted by Gasteiger charge is -2.24. The zero-order valence-corrected chi connectivity index (χ0v) is 17.4. The van der Waals surface area contributed by atoms with E-state index in [4.69, 9.17) is 10.2 Å². The molecule has 3 amide bonds. The molecule has 0 saturated carbocycles. The lowest BCUT2D eigenvalue weighted by atomic mass is 10.1. The number of thioether (sulfide) groups is 1. The van der Waals surface area contributed by atoms with Gasteiger partial charge >= 0.3 is 11.9 Å². The summed E-state index contributed by atoms with van der Waals surface area (Å²) in [6, 6.07) is -4.59. The molecular weight excluding hydrogens is 420 g/mol. The van der Waals surface area contributed by atoms with Crippen molar-refractivity contribution in [2.45, 2.75) is 49.9 Å². The summed E-state index contributed by atoms with van der Waals surface area (Å²) in [5, 5.41) is 37.1. The summed E-state index contributed by atoms with van der Waals surface area (Å²) in [7, 11) is 0. The van der Waals surface area contributed by atoms with Crippen LogP contribution in [0.3, 0.4) is 0 Å². The van der Waals surface area contributed by atoms with E-state index >= 15 is 0 Å². The molecule has 7 N–H and O–H groups in total. The van der Waals surface area contributed by atoms with Crippen LogP contribution in [0.1, 0.15) is 25.7 Å². The standard InChI is InChI=1S/C17H28N4O8S/c1-30-6-4-10(19-14(25)9-3-2-5-18-9)15(26)21-12(8-22)16(27)20-11(17(28)29)7-13(23)24/h9-12,18,22H,2-8H2,1H3,(H,19,25)(H,20,27)(H,21,26)(H,23,24)(H,28,29). The Morgan fingerprint density at radius 1 is 1.03 bits per heavy atom. The van der Waals surface area contributed by atoms with Crippen LogP contribution < -0.4 is 21.3 Å². The minimum atomic E-state index is -1.72. The lowest BCUT2D eigenvalue weighted by molar-refractivity contribution is -0.147. The van der Waals surface area contributed by atoms with Crippen LogP contribution in [0, 0.1) is 0 Å². The summed E-state index contributed by atoms with van der Waals surface area (Å²) in [5.74, 6) is -4.56. The van der Waals surface area contributed by atoms with Crippen LogP contribution in [-0.2, 0) is 24.0 Å². The zero-order valence-electron chi connectivity index (χ0n) is 16.6. The average Bonchev–Trinajstić information content (AvgIpc) is 3.22. The molecule has 12 nitrogen and oxygen atoms in total. The van der Waals surface area contributed by atoms with Crippen molar-refractivity contribution in [2.75, 3.05) is 25.2 Å². The molecule has 1 heterocycles. The second-order valence-corrected chi connectivity index (χ2v) is 7.72. The Kier molecular flexibility index (Phi) is 11.1. The largest absolute Gasteiger partial charge is 0.481 e. The minimum absolute atomic E-state index is 0.280. The molecule has 0 spiro atoms. The van der Waals surface area contributed by atoms with Crippen LogP contribution in [-0.4, -0.2) is 94.3 Å². The van der Waals surface area contributed by atoms with Crippen molar-refractivity contribution >= 4 is 41.4 Å². The monoisotopic (exact) mass is 448 g/mol. The maximum atomic E-state index is 12.6. The van der Waals surface area contributed by atoms with E-state index in [1.54, 1.807) is 0 Å². The minimum Gasteiger partial charge on any atom is -0.481 e. The topological polar surface area (TPSA) is 194 Å². The Balaban J connectivity index is 2.76. The van der Waals surface area contributed by atoms with Gasteiger partial charge in [0.1, 0.15) is 18.1 Å². The molecule has 1 fully saturated rings. The Morgan fingerprint density at radius 2 is 1.67 bits per heavy atom. The molecule has 0 bridgehead atoms. The van der Waals surface area contributed by atoms with Crippen molar-refractivity contribution in [3.8, 4) is 0 Å². The SMILES string of the molecule is CSCCC(NC(=O)C1CCCN1)C(=O)NC(CO)C(=O)NC(CC(=O)O)C(=O)O. The summed E-state index contributed by atoms with van der Waals surface area (Å²) in [4.78, 5) is 59.0. The fourth-order valence-electron chi connectivity index (χ4n) is 2.80. The predicted molar refractivity (Wildman–Crippen MR) is 107 cm³/mol. The molecule has 0 aliphatic carbocycles. The fourth-order valence-corrected chi connectivity index (χ4v) is 3.27. The number of rotatable bonds is 13. The van der Waals surface area contributed by atoms with Crippen LogP contribution in [0.25, 0.3) is 0 Å². The number of hydrogen-bond acceptors (Lipinski definition) is 8. The molecule has 1 rings (SSSR count). The highest BCUT2D eigenvalue weighted by atomic mass is 32.2. The first-order valence-corrected chi connectivity index (χ1v) is 10.8. The second kappa shape index (κ2) is 13.0. The molecule has 13 heteroatoms. The molecule has 1 saturated heterocycles. The van der Waals surface area contributed by atoms with Crippen molar-refractivity contribution in [1.29, 1.82) is 0 Å². The summed E-state index contributed by atoms with van der Waals surface area (Å²) >= 11 is 1.46. The number of carbonyl (C=O) groups is 5. The number of amides is 3. The highest BCUT2D eigenvalue weighted by Gasteiger charge is 2.31. The van der Waals surface area contributed by atoms with Crippen LogP contribution in [0.4, 0.5) is 0 Å². The molecule has 1 aliphatic rings. The highest BCUT2D eigenvalue weighted by molar-refractivity contribution is 7.98. The Bertz CT molecular complexity index is 641. The van der Waals surface area contributed by atoms with Crippen molar-refractivity contribution in [3.63, 3.8) is 0 Å². The molecular formula is C17H28N4O8S. The van der Waals surface area contributed by atoms with Gasteiger partial charge in [-0.3, -0.25) is 19.2 Å². The van der Waals surface area contributed by atoms with Gasteiger partial charge < -0.3 is 36.6 Å². The Morgan fingerprint density at radius 3 is 2.17 bits per heavy atom. The van der Waals surface area contributed by atoms with Crippen molar-refractivity contribution in [1.82, 2.24) is 21.3 Å². The van der Waals surface area contributed by atoms with Crippen molar-refractivity contribution in [2.24, 2.45) is 0 Å². The van der Waals surface area contributed by atoms with Crippen LogP contribution in [0.15, 0.2) is 0 Å². The summed E-state index contributed by atoms with van der Waals surface area (Å²) in [6.45, 7) is -0.141. The molecule has 0 aromatic rings. The number of carbonyl (C=O) groups excluding carboxylic acids is 3. The summed E-state index contributed by atoms with van der Waals surface area (Å²) < 4.78 is 0. The fraction of sp³-hybridized carbons (Fsp3) is 0.706. The third kappa shape index (κ3) is 8.55. The maximum Gasteiger partial charge on any atom is 0.326 e. The molecule has 30 heavy (non-hydrogen) atoms. The van der Waals surface area contributed by atoms with Crippen molar-refractivity contribution in [3.05, 3.63) is 0 Å².